The largest absolute Gasteiger partial charge is 0.203 e. The van der Waals surface area contributed by atoms with Gasteiger partial charge >= 0.3 is 0 Å². The first-order valence-corrected chi connectivity index (χ1v) is 13.3. The first-order chi connectivity index (χ1) is 17.5. The number of hydrogen-bond acceptors (Lipinski definition) is 0. The van der Waals surface area contributed by atoms with Crippen LogP contribution in [-0.2, 0) is 19.3 Å². The Bertz CT molecular complexity index is 1350. The average Bonchev–Trinajstić information content (AvgIpc) is 2.93. The lowest BCUT2D eigenvalue weighted by Crippen LogP contribution is -1.93. The van der Waals surface area contributed by atoms with Crippen molar-refractivity contribution in [3.05, 3.63) is 107 Å². The molecule has 2 heteroatoms. The quantitative estimate of drug-likeness (QED) is 0.197. The van der Waals surface area contributed by atoms with Crippen molar-refractivity contribution < 1.29 is 8.78 Å². The summed E-state index contributed by atoms with van der Waals surface area (Å²) in [5, 5.41) is 1.91. The zero-order valence-corrected chi connectivity index (χ0v) is 21.7. The molecule has 0 aliphatic rings. The summed E-state index contributed by atoms with van der Waals surface area (Å²) in [6.45, 7) is 6.56. The van der Waals surface area contributed by atoms with E-state index < -0.39 is 11.7 Å². The molecule has 0 spiro atoms. The van der Waals surface area contributed by atoms with Crippen LogP contribution in [0.15, 0.2) is 78.9 Å². The van der Waals surface area contributed by atoms with Crippen LogP contribution in [0.5, 0.6) is 0 Å². The SMILES string of the molecule is CCCCc1ccc(/C(F)=C(\F)c2ccc3cc(-c4ccc(CCCC)cc4CC)ccc3c2)cc1. The Balaban J connectivity index is 1.61. The second kappa shape index (κ2) is 12.1. The van der Waals surface area contributed by atoms with Crippen LogP contribution < -0.4 is 0 Å². The fraction of sp³-hybridized carbons (Fsp3) is 0.294. The van der Waals surface area contributed by atoms with Gasteiger partial charge < -0.3 is 0 Å². The molecule has 0 aliphatic heterocycles. The van der Waals surface area contributed by atoms with E-state index in [2.05, 4.69) is 51.1 Å². The third-order valence-electron chi connectivity index (χ3n) is 6.99. The van der Waals surface area contributed by atoms with Crippen molar-refractivity contribution >= 4 is 22.4 Å². The summed E-state index contributed by atoms with van der Waals surface area (Å²) in [6, 6.07) is 25.4. The first kappa shape index (κ1) is 25.8. The summed E-state index contributed by atoms with van der Waals surface area (Å²) in [7, 11) is 0. The Labute approximate surface area is 214 Å². The van der Waals surface area contributed by atoms with E-state index in [1.165, 1.54) is 29.5 Å². The first-order valence-electron chi connectivity index (χ1n) is 13.3. The van der Waals surface area contributed by atoms with E-state index in [0.29, 0.717) is 0 Å². The van der Waals surface area contributed by atoms with Crippen molar-refractivity contribution in [3.63, 3.8) is 0 Å². The van der Waals surface area contributed by atoms with Gasteiger partial charge in [-0.25, -0.2) is 8.78 Å². The summed E-state index contributed by atoms with van der Waals surface area (Å²) in [5.74, 6) is -1.64. The second-order valence-corrected chi connectivity index (χ2v) is 9.65. The summed E-state index contributed by atoms with van der Waals surface area (Å²) in [6.07, 6.45) is 7.65. The van der Waals surface area contributed by atoms with Gasteiger partial charge in [0.15, 0.2) is 11.7 Å². The van der Waals surface area contributed by atoms with Crippen LogP contribution in [-0.4, -0.2) is 0 Å². The van der Waals surface area contributed by atoms with Gasteiger partial charge in [-0.1, -0.05) is 100 Å². The molecule has 0 saturated heterocycles. The van der Waals surface area contributed by atoms with Gasteiger partial charge in [0.05, 0.1) is 0 Å². The lowest BCUT2D eigenvalue weighted by molar-refractivity contribution is 0.700. The van der Waals surface area contributed by atoms with Crippen LogP contribution in [0.2, 0.25) is 0 Å². The molecule has 0 bridgehead atoms. The van der Waals surface area contributed by atoms with Gasteiger partial charge in [0.25, 0.3) is 0 Å². The summed E-state index contributed by atoms with van der Waals surface area (Å²) >= 11 is 0. The van der Waals surface area contributed by atoms with E-state index in [9.17, 15) is 4.39 Å². The second-order valence-electron chi connectivity index (χ2n) is 9.65. The summed E-state index contributed by atoms with van der Waals surface area (Å²) in [5.41, 5.74) is 6.81. The molecule has 0 unspecified atom stereocenters. The Morgan fingerprint density at radius 3 is 1.86 bits per heavy atom. The molecule has 0 amide bonds. The average molecular weight is 483 g/mol. The predicted octanol–water partition coefficient (Wildman–Crippen LogP) is 10.5. The van der Waals surface area contributed by atoms with Gasteiger partial charge in [-0.2, -0.15) is 0 Å². The fourth-order valence-electron chi connectivity index (χ4n) is 4.76. The van der Waals surface area contributed by atoms with E-state index in [0.717, 1.165) is 54.0 Å². The molecule has 0 heterocycles. The van der Waals surface area contributed by atoms with Crippen molar-refractivity contribution in [2.75, 3.05) is 0 Å². The highest BCUT2D eigenvalue weighted by molar-refractivity contribution is 5.92. The topological polar surface area (TPSA) is 0 Å². The van der Waals surface area contributed by atoms with E-state index in [1.54, 1.807) is 24.3 Å². The number of unbranched alkanes of at least 4 members (excludes halogenated alkanes) is 2. The van der Waals surface area contributed by atoms with Crippen LogP contribution in [0, 0.1) is 0 Å². The van der Waals surface area contributed by atoms with Crippen molar-refractivity contribution in [3.8, 4) is 11.1 Å². The maximum absolute atomic E-state index is 15.1. The number of aryl methyl sites for hydroxylation is 3. The van der Waals surface area contributed by atoms with Gasteiger partial charge in [0.2, 0.25) is 0 Å². The Morgan fingerprint density at radius 2 is 1.17 bits per heavy atom. The van der Waals surface area contributed by atoms with Crippen molar-refractivity contribution in [2.24, 2.45) is 0 Å². The summed E-state index contributed by atoms with van der Waals surface area (Å²) < 4.78 is 30.1. The Kier molecular flexibility index (Phi) is 8.70. The molecule has 0 aromatic heterocycles. The Morgan fingerprint density at radius 1 is 0.583 bits per heavy atom. The van der Waals surface area contributed by atoms with Crippen LogP contribution in [0.4, 0.5) is 8.78 Å². The van der Waals surface area contributed by atoms with E-state index in [4.69, 9.17) is 0 Å². The van der Waals surface area contributed by atoms with Crippen molar-refractivity contribution in [1.82, 2.24) is 0 Å². The molecule has 0 atom stereocenters. The highest BCUT2D eigenvalue weighted by Gasteiger charge is 2.13. The minimum atomic E-state index is -0.821. The van der Waals surface area contributed by atoms with Gasteiger partial charge in [0.1, 0.15) is 0 Å². The van der Waals surface area contributed by atoms with Crippen LogP contribution in [0.25, 0.3) is 33.6 Å². The predicted molar refractivity (Wildman–Crippen MR) is 151 cm³/mol. The zero-order chi connectivity index (χ0) is 25.5. The van der Waals surface area contributed by atoms with Crippen molar-refractivity contribution in [1.29, 1.82) is 0 Å². The molecule has 0 aliphatic carbocycles. The van der Waals surface area contributed by atoms with Gasteiger partial charge in [-0.3, -0.25) is 0 Å². The van der Waals surface area contributed by atoms with Gasteiger partial charge in [-0.05, 0) is 82.8 Å². The van der Waals surface area contributed by atoms with Crippen LogP contribution >= 0.6 is 0 Å². The monoisotopic (exact) mass is 482 g/mol. The molecule has 4 aromatic rings. The molecule has 4 rings (SSSR count). The number of halogens is 2. The fourth-order valence-corrected chi connectivity index (χ4v) is 4.76. The number of benzene rings is 4. The highest BCUT2D eigenvalue weighted by Crippen LogP contribution is 2.33. The molecule has 0 saturated carbocycles. The third-order valence-corrected chi connectivity index (χ3v) is 6.99. The number of rotatable bonds is 10. The maximum atomic E-state index is 15.1. The molecule has 0 radical (unpaired) electrons. The van der Waals surface area contributed by atoms with Crippen molar-refractivity contribution in [2.45, 2.75) is 65.7 Å². The highest BCUT2D eigenvalue weighted by atomic mass is 19.2. The molecule has 0 nitrogen and oxygen atoms in total. The molecular formula is C34H36F2. The Hall–Kier alpha value is -3.26. The van der Waals surface area contributed by atoms with E-state index in [1.807, 2.05) is 24.3 Å². The zero-order valence-electron chi connectivity index (χ0n) is 21.7. The smallest absolute Gasteiger partial charge is 0.166 e. The van der Waals surface area contributed by atoms with Gasteiger partial charge in [0, 0.05) is 11.1 Å². The minimum absolute atomic E-state index is 0.261. The minimum Gasteiger partial charge on any atom is -0.203 e. The maximum Gasteiger partial charge on any atom is 0.166 e. The number of fused-ring (bicyclic) bond motifs is 1. The lowest BCUT2D eigenvalue weighted by Gasteiger charge is -2.12. The third kappa shape index (κ3) is 5.93. The van der Waals surface area contributed by atoms with Crippen LogP contribution in [0.1, 0.15) is 74.3 Å². The number of hydrogen-bond donors (Lipinski definition) is 0. The van der Waals surface area contributed by atoms with Gasteiger partial charge in [-0.15, -0.1) is 0 Å². The normalized spacial score (nSPS) is 12.1. The summed E-state index contributed by atoms with van der Waals surface area (Å²) in [4.78, 5) is 0. The molecular weight excluding hydrogens is 446 g/mol. The molecule has 0 fully saturated rings. The standard InChI is InChI=1S/C34H36F2/c1-4-7-9-24-11-14-27(15-12-24)33(35)34(36)31-19-17-28-22-30(18-16-29(28)23-31)32-20-13-25(10-8-5-2)21-26(32)6-3/h11-23H,4-10H2,1-3H3/b34-33+. The molecule has 36 heavy (non-hydrogen) atoms. The van der Waals surface area contributed by atoms with E-state index in [-0.39, 0.29) is 11.1 Å². The van der Waals surface area contributed by atoms with E-state index >= 15 is 4.39 Å². The molecule has 4 aromatic carbocycles. The van der Waals surface area contributed by atoms with Crippen LogP contribution in [0.3, 0.4) is 0 Å². The lowest BCUT2D eigenvalue weighted by atomic mass is 9.93. The molecule has 186 valence electrons. The molecule has 0 N–H and O–H groups in total.